The number of benzene rings is 1. The van der Waals surface area contributed by atoms with Crippen LogP contribution in [0.4, 0.5) is 0 Å². The molecule has 0 aliphatic rings. The maximum Gasteiger partial charge on any atom is 0.335 e. The summed E-state index contributed by atoms with van der Waals surface area (Å²) in [5, 5.41) is 19.5. The number of amides is 1. The molecular weight excluding hydrogens is 272 g/mol. The maximum atomic E-state index is 11.4. The second kappa shape index (κ2) is 8.39. The van der Waals surface area contributed by atoms with E-state index in [4.69, 9.17) is 5.11 Å². The number of aliphatic hydroxyl groups excluding tert-OH is 1. The number of hydrogen-bond acceptors (Lipinski definition) is 4. The lowest BCUT2D eigenvalue weighted by atomic mass is 10.1. The number of carboxylic acid groups (broad SMARTS) is 1. The Morgan fingerprint density at radius 1 is 1.29 bits per heavy atom. The van der Waals surface area contributed by atoms with E-state index >= 15 is 0 Å². The van der Waals surface area contributed by atoms with Crippen molar-refractivity contribution >= 4 is 11.9 Å². The molecule has 1 atom stereocenters. The molecule has 0 bridgehead atoms. The molecular formula is C15H22N2O4. The van der Waals surface area contributed by atoms with E-state index in [1.165, 1.54) is 11.9 Å². The highest BCUT2D eigenvalue weighted by Crippen LogP contribution is 2.05. The minimum Gasteiger partial charge on any atom is -0.478 e. The number of carbonyl (C=O) groups excluding carboxylic acids is 1. The Balaban J connectivity index is 2.42. The summed E-state index contributed by atoms with van der Waals surface area (Å²) < 4.78 is 0. The fourth-order valence-electron chi connectivity index (χ4n) is 1.81. The third kappa shape index (κ3) is 6.37. The Morgan fingerprint density at radius 3 is 2.38 bits per heavy atom. The zero-order valence-corrected chi connectivity index (χ0v) is 12.4. The lowest BCUT2D eigenvalue weighted by Gasteiger charge is -2.22. The average molecular weight is 294 g/mol. The second-order valence-corrected chi connectivity index (χ2v) is 4.97. The van der Waals surface area contributed by atoms with Crippen molar-refractivity contribution in [1.29, 1.82) is 0 Å². The molecule has 0 aliphatic heterocycles. The van der Waals surface area contributed by atoms with Gasteiger partial charge in [0.15, 0.2) is 0 Å². The van der Waals surface area contributed by atoms with Gasteiger partial charge in [0.2, 0.25) is 5.91 Å². The maximum absolute atomic E-state index is 11.4. The van der Waals surface area contributed by atoms with Crippen LogP contribution < -0.4 is 5.43 Å². The molecule has 6 nitrogen and oxygen atoms in total. The van der Waals surface area contributed by atoms with Crippen LogP contribution >= 0.6 is 0 Å². The van der Waals surface area contributed by atoms with E-state index in [2.05, 4.69) is 5.43 Å². The molecule has 1 aromatic rings. The van der Waals surface area contributed by atoms with Crippen LogP contribution in [0.25, 0.3) is 0 Å². The van der Waals surface area contributed by atoms with E-state index in [1.807, 2.05) is 0 Å². The van der Waals surface area contributed by atoms with Gasteiger partial charge in [0, 0.05) is 20.0 Å². The molecule has 0 aromatic heterocycles. The van der Waals surface area contributed by atoms with Crippen LogP contribution in [-0.4, -0.2) is 46.3 Å². The molecule has 0 saturated carbocycles. The number of hydrazine groups is 1. The summed E-state index contributed by atoms with van der Waals surface area (Å²) in [7, 11) is 0. The first-order valence-corrected chi connectivity index (χ1v) is 6.92. The minimum atomic E-state index is -0.944. The molecule has 1 rings (SSSR count). The monoisotopic (exact) mass is 294 g/mol. The average Bonchev–Trinajstić information content (AvgIpc) is 2.42. The van der Waals surface area contributed by atoms with E-state index in [0.717, 1.165) is 5.56 Å². The molecule has 0 fully saturated rings. The molecule has 0 aliphatic carbocycles. The standard InChI is InChI=1S/C15H22N2O4/c1-11(18)8-10-17(12(2)19)16-9-7-13-3-5-14(6-4-13)15(20)21/h3-6,11,16,18H,7-10H2,1-2H3,(H,20,21). The largest absolute Gasteiger partial charge is 0.478 e. The van der Waals surface area contributed by atoms with Gasteiger partial charge in [-0.05, 0) is 37.5 Å². The molecule has 116 valence electrons. The highest BCUT2D eigenvalue weighted by Gasteiger charge is 2.09. The number of nitrogens with zero attached hydrogens (tertiary/aromatic N) is 1. The topological polar surface area (TPSA) is 89.9 Å². The zero-order chi connectivity index (χ0) is 15.8. The lowest BCUT2D eigenvalue weighted by Crippen LogP contribution is -2.43. The number of aliphatic hydroxyl groups is 1. The minimum absolute atomic E-state index is 0.100. The number of nitrogens with one attached hydrogen (secondary N) is 1. The van der Waals surface area contributed by atoms with Crippen LogP contribution in [-0.2, 0) is 11.2 Å². The molecule has 0 saturated heterocycles. The third-order valence-corrected chi connectivity index (χ3v) is 3.07. The quantitative estimate of drug-likeness (QED) is 0.624. The summed E-state index contributed by atoms with van der Waals surface area (Å²) in [6.07, 6.45) is 0.746. The van der Waals surface area contributed by atoms with Crippen LogP contribution in [0.15, 0.2) is 24.3 Å². The van der Waals surface area contributed by atoms with Crippen LogP contribution in [0.1, 0.15) is 36.2 Å². The highest BCUT2D eigenvalue weighted by atomic mass is 16.4. The predicted molar refractivity (Wildman–Crippen MR) is 78.8 cm³/mol. The first-order valence-electron chi connectivity index (χ1n) is 6.92. The van der Waals surface area contributed by atoms with Gasteiger partial charge in [0.05, 0.1) is 11.7 Å². The van der Waals surface area contributed by atoms with Gasteiger partial charge in [0.25, 0.3) is 0 Å². The summed E-state index contributed by atoms with van der Waals surface area (Å²) in [6.45, 7) is 4.16. The predicted octanol–water partition coefficient (Wildman–Crippen LogP) is 1.05. The number of hydrogen-bond donors (Lipinski definition) is 3. The van der Waals surface area contributed by atoms with Crippen LogP contribution in [0, 0.1) is 0 Å². The smallest absolute Gasteiger partial charge is 0.335 e. The summed E-state index contributed by atoms with van der Waals surface area (Å²) >= 11 is 0. The molecule has 0 spiro atoms. The van der Waals surface area contributed by atoms with Crippen molar-refractivity contribution in [3.63, 3.8) is 0 Å². The summed E-state index contributed by atoms with van der Waals surface area (Å²) in [6, 6.07) is 6.65. The van der Waals surface area contributed by atoms with Gasteiger partial charge in [-0.3, -0.25) is 9.80 Å². The van der Waals surface area contributed by atoms with Crippen molar-refractivity contribution in [2.75, 3.05) is 13.1 Å². The molecule has 21 heavy (non-hydrogen) atoms. The molecule has 6 heteroatoms. The fourth-order valence-corrected chi connectivity index (χ4v) is 1.81. The van der Waals surface area contributed by atoms with Crippen molar-refractivity contribution in [2.45, 2.75) is 32.8 Å². The lowest BCUT2D eigenvalue weighted by molar-refractivity contribution is -0.132. The van der Waals surface area contributed by atoms with Crippen LogP contribution in [0.2, 0.25) is 0 Å². The highest BCUT2D eigenvalue weighted by molar-refractivity contribution is 5.87. The molecule has 1 amide bonds. The number of aromatic carboxylic acids is 1. The summed E-state index contributed by atoms with van der Waals surface area (Å²) in [4.78, 5) is 22.2. The number of carboxylic acids is 1. The molecule has 0 heterocycles. The Morgan fingerprint density at radius 2 is 1.90 bits per heavy atom. The second-order valence-electron chi connectivity index (χ2n) is 4.97. The third-order valence-electron chi connectivity index (χ3n) is 3.07. The van der Waals surface area contributed by atoms with E-state index < -0.39 is 12.1 Å². The van der Waals surface area contributed by atoms with E-state index in [9.17, 15) is 14.7 Å². The van der Waals surface area contributed by atoms with Gasteiger partial charge in [-0.2, -0.15) is 0 Å². The van der Waals surface area contributed by atoms with Crippen molar-refractivity contribution in [1.82, 2.24) is 10.4 Å². The van der Waals surface area contributed by atoms with Crippen molar-refractivity contribution < 1.29 is 19.8 Å². The van der Waals surface area contributed by atoms with E-state index in [-0.39, 0.29) is 11.5 Å². The Bertz CT molecular complexity index is 471. The van der Waals surface area contributed by atoms with Gasteiger partial charge in [0.1, 0.15) is 0 Å². The van der Waals surface area contributed by atoms with Gasteiger partial charge in [-0.1, -0.05) is 12.1 Å². The molecule has 1 aromatic carbocycles. The van der Waals surface area contributed by atoms with Gasteiger partial charge >= 0.3 is 5.97 Å². The van der Waals surface area contributed by atoms with E-state index in [0.29, 0.717) is 25.9 Å². The normalized spacial score (nSPS) is 12.0. The molecule has 3 N–H and O–H groups in total. The zero-order valence-electron chi connectivity index (χ0n) is 12.4. The Kier molecular flexibility index (Phi) is 6.84. The Hall–Kier alpha value is -1.92. The van der Waals surface area contributed by atoms with Crippen molar-refractivity contribution in [3.05, 3.63) is 35.4 Å². The molecule has 0 radical (unpaired) electrons. The van der Waals surface area contributed by atoms with Gasteiger partial charge < -0.3 is 10.2 Å². The summed E-state index contributed by atoms with van der Waals surface area (Å²) in [5.41, 5.74) is 4.27. The first-order chi connectivity index (χ1) is 9.90. The van der Waals surface area contributed by atoms with E-state index in [1.54, 1.807) is 31.2 Å². The van der Waals surface area contributed by atoms with Crippen LogP contribution in [0.5, 0.6) is 0 Å². The molecule has 1 unspecified atom stereocenters. The number of rotatable bonds is 8. The fraction of sp³-hybridized carbons (Fsp3) is 0.467. The summed E-state index contributed by atoms with van der Waals surface area (Å²) in [5.74, 6) is -1.04. The van der Waals surface area contributed by atoms with Crippen molar-refractivity contribution in [3.8, 4) is 0 Å². The van der Waals surface area contributed by atoms with Gasteiger partial charge in [-0.25, -0.2) is 10.2 Å². The SMILES string of the molecule is CC(=O)N(CCC(C)O)NCCc1ccc(C(=O)O)cc1. The number of carbonyl (C=O) groups is 2. The van der Waals surface area contributed by atoms with Crippen molar-refractivity contribution in [2.24, 2.45) is 0 Å². The first kappa shape index (κ1) is 17.1. The Labute approximate surface area is 124 Å². The van der Waals surface area contributed by atoms with Crippen LogP contribution in [0.3, 0.4) is 0 Å². The van der Waals surface area contributed by atoms with Gasteiger partial charge in [-0.15, -0.1) is 0 Å².